The number of carbonyl (C=O) groups is 3. The van der Waals surface area contributed by atoms with Gasteiger partial charge in [0.1, 0.15) is 17.3 Å². The molecule has 1 N–H and O–H groups in total. The van der Waals surface area contributed by atoms with E-state index in [1.807, 2.05) is 31.2 Å². The van der Waals surface area contributed by atoms with E-state index in [-0.39, 0.29) is 43.2 Å². The Kier molecular flexibility index (Phi) is 8.71. The third-order valence-electron chi connectivity index (χ3n) is 4.83. The molecule has 0 spiro atoms. The molecule has 0 bridgehead atoms. The molecule has 0 aliphatic heterocycles. The molecule has 0 aliphatic carbocycles. The molecule has 0 atom stereocenters. The van der Waals surface area contributed by atoms with E-state index in [9.17, 15) is 14.4 Å². The molecular weight excluding hydrogens is 440 g/mol. The van der Waals surface area contributed by atoms with Crippen LogP contribution in [0, 0.1) is 6.92 Å². The van der Waals surface area contributed by atoms with Crippen LogP contribution in [0.3, 0.4) is 0 Å². The van der Waals surface area contributed by atoms with Crippen LogP contribution in [0.4, 0.5) is 0 Å². The van der Waals surface area contributed by atoms with Crippen molar-refractivity contribution in [2.24, 2.45) is 0 Å². The first-order chi connectivity index (χ1) is 15.9. The fourth-order valence-corrected chi connectivity index (χ4v) is 3.82. The number of ether oxygens (including phenoxy) is 2. The molecule has 3 rings (SSSR count). The molecule has 0 aliphatic rings. The molecule has 2 aromatic heterocycles. The number of hydrogen-bond acceptors (Lipinski definition) is 7. The molecular formula is C25H26N2O5S. The minimum atomic E-state index is -0.222. The summed E-state index contributed by atoms with van der Waals surface area (Å²) in [6.45, 7) is 2.24. The highest BCUT2D eigenvalue weighted by Gasteiger charge is 2.12. The van der Waals surface area contributed by atoms with E-state index in [2.05, 4.69) is 10.3 Å². The first-order valence-electron chi connectivity index (χ1n) is 10.6. The molecule has 8 heteroatoms. The van der Waals surface area contributed by atoms with Gasteiger partial charge in [-0.2, -0.15) is 0 Å². The number of Topliss-reactive ketones (excluding diaryl/α,β-unsaturated/α-hetero) is 2. The lowest BCUT2D eigenvalue weighted by Gasteiger charge is -2.08. The monoisotopic (exact) mass is 466 g/mol. The Morgan fingerprint density at radius 3 is 2.45 bits per heavy atom. The summed E-state index contributed by atoms with van der Waals surface area (Å²) >= 11 is 1.43. The van der Waals surface area contributed by atoms with Crippen LogP contribution in [0.5, 0.6) is 17.4 Å². The Morgan fingerprint density at radius 2 is 1.76 bits per heavy atom. The molecule has 33 heavy (non-hydrogen) atoms. The number of nitrogens with one attached hydrogen (secondary N) is 1. The summed E-state index contributed by atoms with van der Waals surface area (Å²) in [6, 6.07) is 14.4. The molecule has 0 fully saturated rings. The highest BCUT2D eigenvalue weighted by molar-refractivity contribution is 7.14. The number of thiophene rings is 1. The van der Waals surface area contributed by atoms with Crippen LogP contribution in [0.1, 0.15) is 45.8 Å². The topological polar surface area (TPSA) is 94.6 Å². The van der Waals surface area contributed by atoms with Crippen LogP contribution in [0.15, 0.2) is 54.7 Å². The molecule has 0 saturated carbocycles. The highest BCUT2D eigenvalue weighted by atomic mass is 32.1. The predicted octanol–water partition coefficient (Wildman–Crippen LogP) is 4.88. The fourth-order valence-electron chi connectivity index (χ4n) is 2.99. The van der Waals surface area contributed by atoms with Crippen LogP contribution >= 0.6 is 11.3 Å². The van der Waals surface area contributed by atoms with Gasteiger partial charge in [0.2, 0.25) is 11.8 Å². The maximum atomic E-state index is 12.1. The average molecular weight is 467 g/mol. The number of amides is 1. The first kappa shape index (κ1) is 24.1. The molecule has 0 saturated heterocycles. The summed E-state index contributed by atoms with van der Waals surface area (Å²) in [5.41, 5.74) is 0.810. The maximum Gasteiger partial charge on any atom is 0.220 e. The number of nitrogens with zero attached hydrogens (tertiary/aromatic N) is 1. The van der Waals surface area contributed by atoms with Crippen LogP contribution < -0.4 is 14.8 Å². The molecule has 3 aromatic rings. The Labute approximate surface area is 196 Å². The second kappa shape index (κ2) is 11.9. The zero-order valence-corrected chi connectivity index (χ0v) is 19.4. The lowest BCUT2D eigenvalue weighted by atomic mass is 10.1. The zero-order chi connectivity index (χ0) is 23.6. The van der Waals surface area contributed by atoms with Crippen molar-refractivity contribution in [3.8, 4) is 17.4 Å². The Balaban J connectivity index is 1.36. The van der Waals surface area contributed by atoms with Gasteiger partial charge in [-0.3, -0.25) is 14.4 Å². The highest BCUT2D eigenvalue weighted by Crippen LogP contribution is 2.23. The van der Waals surface area contributed by atoms with Crippen molar-refractivity contribution < 1.29 is 23.9 Å². The molecule has 7 nitrogen and oxygen atoms in total. The van der Waals surface area contributed by atoms with E-state index in [1.165, 1.54) is 11.3 Å². The van der Waals surface area contributed by atoms with Crippen molar-refractivity contribution in [1.29, 1.82) is 0 Å². The number of rotatable bonds is 12. The van der Waals surface area contributed by atoms with Crippen molar-refractivity contribution in [3.63, 3.8) is 0 Å². The smallest absolute Gasteiger partial charge is 0.220 e. The summed E-state index contributed by atoms with van der Waals surface area (Å²) in [5.74, 6) is 1.38. The van der Waals surface area contributed by atoms with Crippen LogP contribution in [-0.2, 0) is 16.1 Å². The SMILES string of the molecule is COc1cccc(Oc2ccc(CNC(=O)CCC(=O)CCC(=O)c3ccc(C)s3)cn2)c1. The molecule has 2 heterocycles. The standard InChI is InChI=1S/C25H26N2O5S/c1-17-6-11-23(33-17)22(29)10-8-19(28)9-12-24(30)26-15-18-7-13-25(27-16-18)32-21-5-3-4-20(14-21)31-2/h3-7,11,13-14,16H,8-10,12,15H2,1-2H3,(H,26,30). The molecule has 1 aromatic carbocycles. The van der Waals surface area contributed by atoms with E-state index < -0.39 is 0 Å². The van der Waals surface area contributed by atoms with E-state index >= 15 is 0 Å². The van der Waals surface area contributed by atoms with Gasteiger partial charge in [-0.05, 0) is 36.8 Å². The number of carbonyl (C=O) groups excluding carboxylic acids is 3. The van der Waals surface area contributed by atoms with Gasteiger partial charge in [0.15, 0.2) is 5.78 Å². The van der Waals surface area contributed by atoms with E-state index in [4.69, 9.17) is 9.47 Å². The van der Waals surface area contributed by atoms with Gasteiger partial charge in [-0.25, -0.2) is 4.98 Å². The third-order valence-corrected chi connectivity index (χ3v) is 5.87. The minimum absolute atomic E-state index is 0.0303. The minimum Gasteiger partial charge on any atom is -0.497 e. The van der Waals surface area contributed by atoms with Gasteiger partial charge >= 0.3 is 0 Å². The maximum absolute atomic E-state index is 12.1. The molecule has 1 amide bonds. The summed E-state index contributed by atoms with van der Waals surface area (Å²) in [4.78, 5) is 42.2. The number of methoxy groups -OCH3 is 1. The van der Waals surface area contributed by atoms with Gasteiger partial charge in [0.05, 0.1) is 12.0 Å². The van der Waals surface area contributed by atoms with E-state index in [0.717, 1.165) is 10.4 Å². The summed E-state index contributed by atoms with van der Waals surface area (Å²) in [5, 5.41) is 2.78. The van der Waals surface area contributed by atoms with Gasteiger partial charge in [0, 0.05) is 55.4 Å². The van der Waals surface area contributed by atoms with Crippen LogP contribution in [0.25, 0.3) is 0 Å². The van der Waals surface area contributed by atoms with Crippen molar-refractivity contribution in [2.45, 2.75) is 39.2 Å². The molecule has 0 unspecified atom stereocenters. The first-order valence-corrected chi connectivity index (χ1v) is 11.4. The zero-order valence-electron chi connectivity index (χ0n) is 18.6. The second-order valence-electron chi connectivity index (χ2n) is 7.43. The van der Waals surface area contributed by atoms with Crippen molar-refractivity contribution in [1.82, 2.24) is 10.3 Å². The normalized spacial score (nSPS) is 10.5. The Morgan fingerprint density at radius 1 is 0.970 bits per heavy atom. The van der Waals surface area contributed by atoms with Gasteiger partial charge in [0.25, 0.3) is 0 Å². The fraction of sp³-hybridized carbons (Fsp3) is 0.280. The molecule has 0 radical (unpaired) electrons. The average Bonchev–Trinajstić information content (AvgIpc) is 3.27. The van der Waals surface area contributed by atoms with Gasteiger partial charge in [-0.1, -0.05) is 12.1 Å². The lowest BCUT2D eigenvalue weighted by Crippen LogP contribution is -2.23. The van der Waals surface area contributed by atoms with Gasteiger partial charge in [-0.15, -0.1) is 11.3 Å². The summed E-state index contributed by atoms with van der Waals surface area (Å²) in [7, 11) is 1.59. The number of pyridine rings is 1. The van der Waals surface area contributed by atoms with Crippen molar-refractivity contribution >= 4 is 28.8 Å². The Hall–Kier alpha value is -3.52. The summed E-state index contributed by atoms with van der Waals surface area (Å²) in [6.07, 6.45) is 2.17. The number of aryl methyl sites for hydroxylation is 1. The van der Waals surface area contributed by atoms with Crippen LogP contribution in [0.2, 0.25) is 0 Å². The Bertz CT molecular complexity index is 1110. The summed E-state index contributed by atoms with van der Waals surface area (Å²) < 4.78 is 10.9. The number of hydrogen-bond donors (Lipinski definition) is 1. The largest absolute Gasteiger partial charge is 0.497 e. The number of aromatic nitrogens is 1. The van der Waals surface area contributed by atoms with E-state index in [1.54, 1.807) is 37.6 Å². The van der Waals surface area contributed by atoms with Crippen LogP contribution in [-0.4, -0.2) is 29.6 Å². The van der Waals surface area contributed by atoms with Gasteiger partial charge < -0.3 is 14.8 Å². The predicted molar refractivity (Wildman–Crippen MR) is 126 cm³/mol. The lowest BCUT2D eigenvalue weighted by molar-refractivity contribution is -0.125. The van der Waals surface area contributed by atoms with Crippen molar-refractivity contribution in [3.05, 3.63) is 70.0 Å². The van der Waals surface area contributed by atoms with E-state index in [0.29, 0.717) is 28.8 Å². The third kappa shape index (κ3) is 7.84. The number of ketones is 2. The molecule has 172 valence electrons. The van der Waals surface area contributed by atoms with Crippen molar-refractivity contribution in [2.75, 3.05) is 7.11 Å². The number of benzene rings is 1. The second-order valence-corrected chi connectivity index (χ2v) is 8.72. The quantitative estimate of drug-likeness (QED) is 0.382.